The van der Waals surface area contributed by atoms with E-state index in [1.165, 1.54) is 12.1 Å². The van der Waals surface area contributed by atoms with Crippen LogP contribution in [0.25, 0.3) is 0 Å². The summed E-state index contributed by atoms with van der Waals surface area (Å²) in [4.78, 5) is 18.4. The molecule has 0 saturated heterocycles. The van der Waals surface area contributed by atoms with Crippen LogP contribution in [0.15, 0.2) is 29.1 Å². The van der Waals surface area contributed by atoms with E-state index in [1.807, 2.05) is 13.8 Å². The van der Waals surface area contributed by atoms with E-state index in [0.717, 1.165) is 11.9 Å². The zero-order chi connectivity index (χ0) is 18.4. The highest BCUT2D eigenvalue weighted by Gasteiger charge is 2.38. The maximum Gasteiger partial charge on any atom is 0.352 e. The molecular weight excluding hydrogens is 328 g/mol. The molecule has 0 saturated carbocycles. The third kappa shape index (κ3) is 3.10. The van der Waals surface area contributed by atoms with E-state index in [-0.39, 0.29) is 29.6 Å². The first-order valence-corrected chi connectivity index (χ1v) is 8.17. The van der Waals surface area contributed by atoms with Crippen molar-refractivity contribution >= 4 is 5.82 Å². The lowest BCUT2D eigenvalue weighted by molar-refractivity contribution is 0.283. The molecule has 3 rings (SSSR count). The van der Waals surface area contributed by atoms with E-state index in [0.29, 0.717) is 6.54 Å². The van der Waals surface area contributed by atoms with Gasteiger partial charge in [0.05, 0.1) is 12.1 Å². The highest BCUT2D eigenvalue weighted by molar-refractivity contribution is 5.49. The molecule has 1 aliphatic heterocycles. The Morgan fingerprint density at radius 2 is 2.04 bits per heavy atom. The molecule has 0 atom stereocenters. The van der Waals surface area contributed by atoms with Gasteiger partial charge in [-0.2, -0.15) is 4.98 Å². The fraction of sp³-hybridized carbons (Fsp3) is 0.444. The molecule has 1 aliphatic rings. The first-order valence-electron chi connectivity index (χ1n) is 8.17. The number of hydrogen-bond donors (Lipinski definition) is 0. The quantitative estimate of drug-likeness (QED) is 0.851. The van der Waals surface area contributed by atoms with Gasteiger partial charge < -0.3 is 9.64 Å². The van der Waals surface area contributed by atoms with Gasteiger partial charge in [0.1, 0.15) is 12.4 Å². The van der Waals surface area contributed by atoms with Crippen molar-refractivity contribution in [1.29, 1.82) is 0 Å². The molecule has 0 spiro atoms. The molecule has 1 aromatic carbocycles. The van der Waals surface area contributed by atoms with Crippen LogP contribution in [0.3, 0.4) is 0 Å². The topological polar surface area (TPSA) is 47.4 Å². The summed E-state index contributed by atoms with van der Waals surface area (Å²) in [5, 5.41) is 0. The summed E-state index contributed by atoms with van der Waals surface area (Å²) in [6, 6.07) is 5.74. The van der Waals surface area contributed by atoms with Crippen LogP contribution in [0.5, 0.6) is 5.88 Å². The molecule has 7 heteroatoms. The molecule has 0 N–H and O–H groups in total. The molecule has 1 aromatic heterocycles. The molecule has 134 valence electrons. The molecule has 0 bridgehead atoms. The minimum Gasteiger partial charge on any atom is -0.472 e. The van der Waals surface area contributed by atoms with Gasteiger partial charge in [0, 0.05) is 17.7 Å². The van der Waals surface area contributed by atoms with Crippen molar-refractivity contribution in [2.24, 2.45) is 0 Å². The smallest absolute Gasteiger partial charge is 0.352 e. The first kappa shape index (κ1) is 17.4. The van der Waals surface area contributed by atoms with Crippen molar-refractivity contribution in [3.63, 3.8) is 0 Å². The number of anilines is 1. The Balaban J connectivity index is 1.91. The van der Waals surface area contributed by atoms with Gasteiger partial charge >= 0.3 is 5.69 Å². The fourth-order valence-electron chi connectivity index (χ4n) is 3.44. The molecule has 0 unspecified atom stereocenters. The standard InChI is InChI=1S/C18H21F2N3O2/c1-11(2)23-15-8-14(21-17(24)22(15)10-18(23,3)4)25-9-12-6-5-7-13(19)16(12)20/h5-8,11H,9-10H2,1-4H3. The number of ether oxygens (including phenoxy) is 1. The largest absolute Gasteiger partial charge is 0.472 e. The maximum absolute atomic E-state index is 13.7. The first-order chi connectivity index (χ1) is 11.7. The summed E-state index contributed by atoms with van der Waals surface area (Å²) < 4.78 is 34.1. The van der Waals surface area contributed by atoms with Crippen LogP contribution in [0.2, 0.25) is 0 Å². The molecule has 0 amide bonds. The van der Waals surface area contributed by atoms with Crippen molar-refractivity contribution in [1.82, 2.24) is 9.55 Å². The monoisotopic (exact) mass is 349 g/mol. The number of aromatic nitrogens is 2. The van der Waals surface area contributed by atoms with Gasteiger partial charge in [0.25, 0.3) is 0 Å². The van der Waals surface area contributed by atoms with E-state index >= 15 is 0 Å². The molecule has 2 heterocycles. The van der Waals surface area contributed by atoms with E-state index in [4.69, 9.17) is 4.74 Å². The molecule has 0 fully saturated rings. The van der Waals surface area contributed by atoms with Gasteiger partial charge in [0.2, 0.25) is 5.88 Å². The van der Waals surface area contributed by atoms with Crippen molar-refractivity contribution in [3.8, 4) is 5.88 Å². The number of fused-ring (bicyclic) bond motifs is 1. The second kappa shape index (κ2) is 6.13. The molecule has 25 heavy (non-hydrogen) atoms. The lowest BCUT2D eigenvalue weighted by atomic mass is 10.0. The van der Waals surface area contributed by atoms with Crippen LogP contribution in [-0.4, -0.2) is 21.1 Å². The summed E-state index contributed by atoms with van der Waals surface area (Å²) in [6.45, 7) is 8.54. The van der Waals surface area contributed by atoms with Crippen LogP contribution in [0.4, 0.5) is 14.6 Å². The van der Waals surface area contributed by atoms with Crippen LogP contribution in [0, 0.1) is 11.6 Å². The lowest BCUT2D eigenvalue weighted by Gasteiger charge is -2.36. The minimum absolute atomic E-state index is 0.0726. The van der Waals surface area contributed by atoms with E-state index in [2.05, 4.69) is 23.7 Å². The average Bonchev–Trinajstić information content (AvgIpc) is 2.79. The van der Waals surface area contributed by atoms with E-state index in [1.54, 1.807) is 10.6 Å². The minimum atomic E-state index is -0.953. The Morgan fingerprint density at radius 1 is 1.32 bits per heavy atom. The highest BCUT2D eigenvalue weighted by Crippen LogP contribution is 2.35. The summed E-state index contributed by atoms with van der Waals surface area (Å²) in [7, 11) is 0. The average molecular weight is 349 g/mol. The van der Waals surface area contributed by atoms with Crippen molar-refractivity contribution in [2.75, 3.05) is 4.90 Å². The van der Waals surface area contributed by atoms with Crippen molar-refractivity contribution in [3.05, 3.63) is 51.9 Å². The summed E-state index contributed by atoms with van der Waals surface area (Å²) in [6.07, 6.45) is 0. The highest BCUT2D eigenvalue weighted by atomic mass is 19.2. The molecular formula is C18H21F2N3O2. The van der Waals surface area contributed by atoms with Gasteiger partial charge in [-0.1, -0.05) is 12.1 Å². The molecule has 2 aromatic rings. The van der Waals surface area contributed by atoms with Gasteiger partial charge in [-0.05, 0) is 33.8 Å². The van der Waals surface area contributed by atoms with E-state index < -0.39 is 17.3 Å². The lowest BCUT2D eigenvalue weighted by Crippen LogP contribution is -2.45. The number of benzene rings is 1. The van der Waals surface area contributed by atoms with Crippen molar-refractivity contribution < 1.29 is 13.5 Å². The third-order valence-electron chi connectivity index (χ3n) is 4.33. The van der Waals surface area contributed by atoms with Gasteiger partial charge in [-0.15, -0.1) is 0 Å². The number of halogens is 2. The molecule has 0 radical (unpaired) electrons. The molecule has 0 aliphatic carbocycles. The maximum atomic E-state index is 13.7. The van der Waals surface area contributed by atoms with Gasteiger partial charge in [-0.3, -0.25) is 4.57 Å². The zero-order valence-electron chi connectivity index (χ0n) is 14.7. The number of nitrogens with zero attached hydrogens (tertiary/aromatic N) is 3. The second-order valence-electron chi connectivity index (χ2n) is 7.10. The number of rotatable bonds is 4. The van der Waals surface area contributed by atoms with Crippen LogP contribution in [-0.2, 0) is 13.2 Å². The van der Waals surface area contributed by atoms with Crippen LogP contribution < -0.4 is 15.3 Å². The predicted octanol–water partition coefficient (Wildman–Crippen LogP) is 3.11. The Kier molecular flexibility index (Phi) is 4.26. The Hall–Kier alpha value is -2.44. The SMILES string of the molecule is CC(C)N1c2cc(OCc3cccc(F)c3F)nc(=O)n2CC1(C)C. The third-order valence-corrected chi connectivity index (χ3v) is 4.33. The van der Waals surface area contributed by atoms with Gasteiger partial charge in [-0.25, -0.2) is 13.6 Å². The molecule has 5 nitrogen and oxygen atoms in total. The fourth-order valence-corrected chi connectivity index (χ4v) is 3.44. The summed E-state index contributed by atoms with van der Waals surface area (Å²) in [5.41, 5.74) is -0.568. The predicted molar refractivity (Wildman–Crippen MR) is 90.9 cm³/mol. The summed E-state index contributed by atoms with van der Waals surface area (Å²) >= 11 is 0. The second-order valence-corrected chi connectivity index (χ2v) is 7.10. The van der Waals surface area contributed by atoms with Gasteiger partial charge in [0.15, 0.2) is 11.6 Å². The zero-order valence-corrected chi connectivity index (χ0v) is 14.7. The summed E-state index contributed by atoms with van der Waals surface area (Å²) in [5.74, 6) is -1.07. The van der Waals surface area contributed by atoms with Crippen LogP contribution in [0.1, 0.15) is 33.3 Å². The van der Waals surface area contributed by atoms with Crippen molar-refractivity contribution in [2.45, 2.75) is 52.4 Å². The Bertz CT molecular complexity index is 862. The number of hydrogen-bond acceptors (Lipinski definition) is 4. The Labute approximate surface area is 144 Å². The normalized spacial score (nSPS) is 15.6. The van der Waals surface area contributed by atoms with E-state index in [9.17, 15) is 13.6 Å². The Morgan fingerprint density at radius 3 is 2.72 bits per heavy atom. The van der Waals surface area contributed by atoms with Crippen LogP contribution >= 0.6 is 0 Å².